The van der Waals surface area contributed by atoms with Crippen molar-refractivity contribution in [2.24, 2.45) is 0 Å². The van der Waals surface area contributed by atoms with E-state index in [0.717, 1.165) is 23.8 Å². The zero-order chi connectivity index (χ0) is 16.5. The number of hydrogen-bond acceptors (Lipinski definition) is 4. The largest absolute Gasteiger partial charge is 0.465 e. The van der Waals surface area contributed by atoms with Crippen LogP contribution in [0.5, 0.6) is 0 Å². The number of carbonyl (C=O) groups excluding carboxylic acids is 1. The van der Waals surface area contributed by atoms with Crippen molar-refractivity contribution in [1.82, 2.24) is 4.57 Å². The van der Waals surface area contributed by atoms with Crippen LogP contribution in [0.25, 0.3) is 5.69 Å². The molecule has 1 aromatic carbocycles. The third kappa shape index (κ3) is 2.80. The lowest BCUT2D eigenvalue weighted by molar-refractivity contribution is -0.137. The summed E-state index contributed by atoms with van der Waals surface area (Å²) in [7, 11) is 1.08. The molecule has 0 spiro atoms. The summed E-state index contributed by atoms with van der Waals surface area (Å²) in [6.07, 6.45) is -3.57. The van der Waals surface area contributed by atoms with E-state index in [-0.39, 0.29) is 11.3 Å². The number of hydrogen-bond donors (Lipinski definition) is 1. The van der Waals surface area contributed by atoms with Gasteiger partial charge < -0.3 is 10.5 Å². The molecule has 1 aromatic heterocycles. The van der Waals surface area contributed by atoms with E-state index < -0.39 is 29.0 Å². The van der Waals surface area contributed by atoms with Crippen LogP contribution >= 0.6 is 0 Å². The molecule has 0 aliphatic carbocycles. The second-order valence-corrected chi connectivity index (χ2v) is 4.35. The molecule has 116 valence electrons. The Morgan fingerprint density at radius 1 is 1.27 bits per heavy atom. The number of anilines is 1. The Hall–Kier alpha value is -2.77. The third-order valence-electron chi connectivity index (χ3n) is 2.96. The molecular weight excluding hydrogens is 301 g/mol. The van der Waals surface area contributed by atoms with Crippen LogP contribution in [0.1, 0.15) is 15.9 Å². The molecule has 0 fully saturated rings. The number of aromatic nitrogens is 1. The van der Waals surface area contributed by atoms with Gasteiger partial charge >= 0.3 is 12.1 Å². The van der Waals surface area contributed by atoms with E-state index in [1.807, 2.05) is 0 Å². The topological polar surface area (TPSA) is 74.3 Å². The van der Waals surface area contributed by atoms with Gasteiger partial charge in [0.1, 0.15) is 0 Å². The standard InChI is InChI=1S/C14H11F3N2O3/c1-22-13(21)8-6-11(19-5-3-2-4-12(19)20)9(7-10(8)18)14(15,16)17/h2-7H,18H2,1H3. The molecule has 5 nitrogen and oxygen atoms in total. The maximum absolute atomic E-state index is 13.2. The Morgan fingerprint density at radius 2 is 1.95 bits per heavy atom. The molecule has 0 atom stereocenters. The lowest BCUT2D eigenvalue weighted by Gasteiger charge is -2.17. The van der Waals surface area contributed by atoms with Crippen LogP contribution in [0, 0.1) is 0 Å². The maximum Gasteiger partial charge on any atom is 0.418 e. The summed E-state index contributed by atoms with van der Waals surface area (Å²) in [5.74, 6) is -0.892. The molecule has 2 N–H and O–H groups in total. The van der Waals surface area contributed by atoms with Crippen LogP contribution in [0.3, 0.4) is 0 Å². The number of nitrogens with zero attached hydrogens (tertiary/aromatic N) is 1. The van der Waals surface area contributed by atoms with Gasteiger partial charge in [-0.15, -0.1) is 0 Å². The monoisotopic (exact) mass is 312 g/mol. The molecule has 0 amide bonds. The van der Waals surface area contributed by atoms with Gasteiger partial charge in [0.15, 0.2) is 0 Å². The Labute approximate surface area is 122 Å². The zero-order valence-corrected chi connectivity index (χ0v) is 11.3. The highest BCUT2D eigenvalue weighted by molar-refractivity contribution is 5.96. The Bertz CT molecular complexity index is 782. The van der Waals surface area contributed by atoms with Crippen LogP contribution < -0.4 is 11.3 Å². The quantitative estimate of drug-likeness (QED) is 0.681. The molecule has 2 rings (SSSR count). The summed E-state index contributed by atoms with van der Waals surface area (Å²) in [6.45, 7) is 0. The summed E-state index contributed by atoms with van der Waals surface area (Å²) < 4.78 is 44.8. The number of nitrogens with two attached hydrogens (primary N) is 1. The maximum atomic E-state index is 13.2. The number of alkyl halides is 3. The smallest absolute Gasteiger partial charge is 0.418 e. The predicted octanol–water partition coefficient (Wildman–Crippen LogP) is 2.23. The van der Waals surface area contributed by atoms with Gasteiger partial charge in [-0.25, -0.2) is 4.79 Å². The molecule has 1 heterocycles. The number of nitrogen functional groups attached to an aromatic ring is 1. The van der Waals surface area contributed by atoms with Crippen molar-refractivity contribution in [3.05, 3.63) is 58.0 Å². The highest BCUT2D eigenvalue weighted by Gasteiger charge is 2.35. The normalized spacial score (nSPS) is 11.3. The predicted molar refractivity (Wildman–Crippen MR) is 72.8 cm³/mol. The molecule has 22 heavy (non-hydrogen) atoms. The minimum Gasteiger partial charge on any atom is -0.465 e. The van der Waals surface area contributed by atoms with Gasteiger partial charge in [0.2, 0.25) is 0 Å². The minimum absolute atomic E-state index is 0.249. The van der Waals surface area contributed by atoms with E-state index in [1.165, 1.54) is 18.3 Å². The highest BCUT2D eigenvalue weighted by Crippen LogP contribution is 2.36. The van der Waals surface area contributed by atoms with Crippen molar-refractivity contribution >= 4 is 11.7 Å². The van der Waals surface area contributed by atoms with E-state index in [1.54, 1.807) is 0 Å². The van der Waals surface area contributed by atoms with Crippen molar-refractivity contribution in [3.8, 4) is 5.69 Å². The fourth-order valence-electron chi connectivity index (χ4n) is 1.94. The molecule has 0 aliphatic rings. The van der Waals surface area contributed by atoms with Crippen molar-refractivity contribution in [1.29, 1.82) is 0 Å². The number of carbonyl (C=O) groups is 1. The Morgan fingerprint density at radius 3 is 2.50 bits per heavy atom. The number of rotatable bonds is 2. The summed E-state index contributed by atoms with van der Waals surface area (Å²) in [6, 6.07) is 5.40. The number of pyridine rings is 1. The van der Waals surface area contributed by atoms with Crippen molar-refractivity contribution < 1.29 is 22.7 Å². The zero-order valence-electron chi connectivity index (χ0n) is 11.3. The van der Waals surface area contributed by atoms with Crippen molar-refractivity contribution in [3.63, 3.8) is 0 Å². The molecular formula is C14H11F3N2O3. The third-order valence-corrected chi connectivity index (χ3v) is 2.96. The summed E-state index contributed by atoms with van der Waals surface area (Å²) in [5.41, 5.74) is 2.58. The lowest BCUT2D eigenvalue weighted by Crippen LogP contribution is -2.21. The van der Waals surface area contributed by atoms with Gasteiger partial charge in [-0.05, 0) is 18.2 Å². The summed E-state index contributed by atoms with van der Waals surface area (Å²) in [5, 5.41) is 0. The van der Waals surface area contributed by atoms with Crippen LogP contribution in [0.2, 0.25) is 0 Å². The van der Waals surface area contributed by atoms with Crippen LogP contribution in [0.4, 0.5) is 18.9 Å². The highest BCUT2D eigenvalue weighted by atomic mass is 19.4. The Kier molecular flexibility index (Phi) is 3.94. The molecule has 0 saturated heterocycles. The van der Waals surface area contributed by atoms with Gasteiger partial charge in [0.05, 0.1) is 23.9 Å². The van der Waals surface area contributed by atoms with Crippen LogP contribution in [-0.4, -0.2) is 17.6 Å². The fourth-order valence-corrected chi connectivity index (χ4v) is 1.94. The van der Waals surface area contributed by atoms with Gasteiger partial charge in [-0.1, -0.05) is 6.07 Å². The average Bonchev–Trinajstić information content (AvgIpc) is 2.46. The van der Waals surface area contributed by atoms with E-state index in [9.17, 15) is 22.8 Å². The molecule has 0 bridgehead atoms. The summed E-state index contributed by atoms with van der Waals surface area (Å²) in [4.78, 5) is 23.4. The van der Waals surface area contributed by atoms with Gasteiger partial charge in [0.25, 0.3) is 5.56 Å². The minimum atomic E-state index is -4.74. The van der Waals surface area contributed by atoms with E-state index >= 15 is 0 Å². The molecule has 0 aliphatic heterocycles. The van der Waals surface area contributed by atoms with Crippen LogP contribution in [0.15, 0.2) is 41.3 Å². The van der Waals surface area contributed by atoms with Crippen molar-refractivity contribution in [2.45, 2.75) is 6.18 Å². The second-order valence-electron chi connectivity index (χ2n) is 4.35. The number of halogens is 3. The van der Waals surface area contributed by atoms with Crippen molar-refractivity contribution in [2.75, 3.05) is 12.8 Å². The SMILES string of the molecule is COC(=O)c1cc(-n2ccccc2=O)c(C(F)(F)F)cc1N. The number of ether oxygens (including phenoxy) is 1. The number of benzene rings is 1. The first-order valence-electron chi connectivity index (χ1n) is 6.03. The lowest BCUT2D eigenvalue weighted by atomic mass is 10.1. The molecule has 8 heteroatoms. The first-order valence-corrected chi connectivity index (χ1v) is 6.03. The van der Waals surface area contributed by atoms with Gasteiger partial charge in [0, 0.05) is 18.0 Å². The first-order chi connectivity index (χ1) is 10.3. The number of esters is 1. The Balaban J connectivity index is 2.82. The van der Waals surface area contributed by atoms with Gasteiger partial charge in [-0.3, -0.25) is 9.36 Å². The second kappa shape index (κ2) is 5.55. The molecule has 2 aromatic rings. The summed E-state index contributed by atoms with van der Waals surface area (Å²) >= 11 is 0. The molecule has 0 saturated carbocycles. The number of methoxy groups -OCH3 is 1. The van der Waals surface area contributed by atoms with Crippen LogP contribution in [-0.2, 0) is 10.9 Å². The van der Waals surface area contributed by atoms with E-state index in [4.69, 9.17) is 5.73 Å². The molecule has 0 radical (unpaired) electrons. The fraction of sp³-hybridized carbons (Fsp3) is 0.143. The first kappa shape index (κ1) is 15.6. The average molecular weight is 312 g/mol. The van der Waals surface area contributed by atoms with Gasteiger partial charge in [-0.2, -0.15) is 13.2 Å². The van der Waals surface area contributed by atoms with E-state index in [2.05, 4.69) is 4.74 Å². The van der Waals surface area contributed by atoms with E-state index in [0.29, 0.717) is 6.07 Å². The molecule has 0 unspecified atom stereocenters.